The molecule has 0 aromatic carbocycles. The molecule has 29 heavy (non-hydrogen) atoms. The Hall–Kier alpha value is -3.74. The summed E-state index contributed by atoms with van der Waals surface area (Å²) in [7, 11) is 0. The lowest BCUT2D eigenvalue weighted by Crippen LogP contribution is -2.54. The topological polar surface area (TPSA) is 208 Å². The molecule has 0 saturated carbocycles. The summed E-state index contributed by atoms with van der Waals surface area (Å²) in [5.74, 6) is -3.10. The van der Waals surface area contributed by atoms with E-state index in [1.807, 2.05) is 0 Å². The molecule has 0 unspecified atom stereocenters. The number of aromatic amines is 2. The van der Waals surface area contributed by atoms with Gasteiger partial charge in [-0.15, -0.1) is 0 Å². The number of imidazole rings is 2. The normalized spacial score (nSPS) is 12.6. The van der Waals surface area contributed by atoms with Gasteiger partial charge in [0.2, 0.25) is 17.7 Å². The smallest absolute Gasteiger partial charge is 0.322 e. The van der Waals surface area contributed by atoms with Gasteiger partial charge in [0, 0.05) is 25.2 Å². The van der Waals surface area contributed by atoms with Gasteiger partial charge in [-0.25, -0.2) is 9.97 Å². The molecular weight excluding hydrogens is 384 g/mol. The maximum absolute atomic E-state index is 12.5. The molecule has 0 aliphatic carbocycles. The SMILES string of the molecule is N[C@@H](Cc1c[nH]cn1)C(=O)N[C@@H](Cc1c[nH]cn1)C(=O)NCC(=O)NCC(=O)O. The molecule has 3 amide bonds. The second-order valence-electron chi connectivity index (χ2n) is 6.09. The van der Waals surface area contributed by atoms with Crippen molar-refractivity contribution in [3.63, 3.8) is 0 Å². The van der Waals surface area contributed by atoms with Crippen molar-refractivity contribution in [1.29, 1.82) is 0 Å². The highest BCUT2D eigenvalue weighted by Gasteiger charge is 2.25. The Labute approximate surface area is 164 Å². The highest BCUT2D eigenvalue weighted by molar-refractivity contribution is 5.92. The van der Waals surface area contributed by atoms with Crippen LogP contribution in [0, 0.1) is 0 Å². The van der Waals surface area contributed by atoms with Crippen molar-refractivity contribution in [2.45, 2.75) is 24.9 Å². The zero-order valence-electron chi connectivity index (χ0n) is 15.3. The van der Waals surface area contributed by atoms with Crippen molar-refractivity contribution in [2.75, 3.05) is 13.1 Å². The Morgan fingerprint density at radius 2 is 1.59 bits per heavy atom. The van der Waals surface area contributed by atoms with Crippen molar-refractivity contribution >= 4 is 23.7 Å². The summed E-state index contributed by atoms with van der Waals surface area (Å²) >= 11 is 0. The van der Waals surface area contributed by atoms with E-state index < -0.39 is 48.9 Å². The predicted molar refractivity (Wildman–Crippen MR) is 98.1 cm³/mol. The number of hydrogen-bond acceptors (Lipinski definition) is 7. The number of nitrogens with two attached hydrogens (primary N) is 1. The van der Waals surface area contributed by atoms with Gasteiger partial charge >= 0.3 is 5.97 Å². The molecule has 8 N–H and O–H groups in total. The van der Waals surface area contributed by atoms with E-state index in [2.05, 4.69) is 35.9 Å². The Morgan fingerprint density at radius 3 is 2.14 bits per heavy atom. The number of hydrogen-bond donors (Lipinski definition) is 7. The van der Waals surface area contributed by atoms with Crippen LogP contribution in [0.1, 0.15) is 11.4 Å². The van der Waals surface area contributed by atoms with Crippen LogP contribution < -0.4 is 21.7 Å². The highest BCUT2D eigenvalue weighted by Crippen LogP contribution is 2.01. The largest absolute Gasteiger partial charge is 0.480 e. The molecule has 2 rings (SSSR count). The van der Waals surface area contributed by atoms with E-state index in [0.717, 1.165) is 0 Å². The molecule has 0 bridgehead atoms. The van der Waals surface area contributed by atoms with Crippen molar-refractivity contribution in [3.8, 4) is 0 Å². The Bertz CT molecular complexity index is 820. The summed E-state index contributed by atoms with van der Waals surface area (Å²) < 4.78 is 0. The van der Waals surface area contributed by atoms with Crippen LogP contribution in [0.3, 0.4) is 0 Å². The molecule has 0 aliphatic rings. The number of aromatic nitrogens is 4. The fourth-order valence-corrected chi connectivity index (χ4v) is 2.35. The molecule has 0 radical (unpaired) electrons. The van der Waals surface area contributed by atoms with Crippen LogP contribution in [0.25, 0.3) is 0 Å². The van der Waals surface area contributed by atoms with E-state index in [-0.39, 0.29) is 12.8 Å². The van der Waals surface area contributed by atoms with Gasteiger partial charge in [0.1, 0.15) is 12.6 Å². The number of nitrogens with zero attached hydrogens (tertiary/aromatic N) is 2. The Balaban J connectivity index is 1.94. The lowest BCUT2D eigenvalue weighted by Gasteiger charge is -2.20. The van der Waals surface area contributed by atoms with Crippen molar-refractivity contribution < 1.29 is 24.3 Å². The quantitative estimate of drug-likeness (QED) is 0.205. The number of carbonyl (C=O) groups excluding carboxylic acids is 3. The van der Waals surface area contributed by atoms with Gasteiger partial charge in [-0.2, -0.15) is 0 Å². The first-order valence-corrected chi connectivity index (χ1v) is 8.62. The number of nitrogens with one attached hydrogen (secondary N) is 5. The molecule has 0 saturated heterocycles. The fraction of sp³-hybridized carbons (Fsp3) is 0.375. The number of aliphatic carboxylic acids is 1. The number of H-pyrrole nitrogens is 2. The average molecular weight is 406 g/mol. The third kappa shape index (κ3) is 7.42. The first-order chi connectivity index (χ1) is 13.8. The minimum Gasteiger partial charge on any atom is -0.480 e. The highest BCUT2D eigenvalue weighted by atomic mass is 16.4. The summed E-state index contributed by atoms with van der Waals surface area (Å²) in [5.41, 5.74) is 6.99. The van der Waals surface area contributed by atoms with Crippen LogP contribution in [0.2, 0.25) is 0 Å². The van der Waals surface area contributed by atoms with Gasteiger partial charge in [-0.1, -0.05) is 0 Å². The monoisotopic (exact) mass is 406 g/mol. The first-order valence-electron chi connectivity index (χ1n) is 8.62. The van der Waals surface area contributed by atoms with Crippen LogP contribution >= 0.6 is 0 Å². The molecular formula is C16H22N8O5. The first kappa shape index (κ1) is 21.6. The Morgan fingerprint density at radius 1 is 0.966 bits per heavy atom. The lowest BCUT2D eigenvalue weighted by atomic mass is 10.1. The van der Waals surface area contributed by atoms with Gasteiger partial charge in [0.25, 0.3) is 0 Å². The molecule has 0 fully saturated rings. The van der Waals surface area contributed by atoms with E-state index in [9.17, 15) is 19.2 Å². The summed E-state index contributed by atoms with van der Waals surface area (Å²) in [6, 6.07) is -1.98. The van der Waals surface area contributed by atoms with Crippen LogP contribution in [0.15, 0.2) is 25.0 Å². The predicted octanol–water partition coefficient (Wildman–Crippen LogP) is -2.95. The third-order valence-electron chi connectivity index (χ3n) is 3.78. The summed E-state index contributed by atoms with van der Waals surface area (Å²) in [4.78, 5) is 60.4. The molecule has 2 aromatic heterocycles. The second-order valence-corrected chi connectivity index (χ2v) is 6.09. The molecule has 2 aromatic rings. The average Bonchev–Trinajstić information content (AvgIpc) is 3.37. The summed E-state index contributed by atoms with van der Waals surface area (Å²) in [5, 5.41) is 15.6. The van der Waals surface area contributed by atoms with Crippen molar-refractivity contribution in [1.82, 2.24) is 35.9 Å². The van der Waals surface area contributed by atoms with E-state index >= 15 is 0 Å². The molecule has 0 aliphatic heterocycles. The number of carboxylic acids is 1. The van der Waals surface area contributed by atoms with E-state index in [1.165, 1.54) is 12.7 Å². The number of rotatable bonds is 11. The van der Waals surface area contributed by atoms with Crippen LogP contribution in [0.4, 0.5) is 0 Å². The summed E-state index contributed by atoms with van der Waals surface area (Å²) in [6.07, 6.45) is 6.29. The van der Waals surface area contributed by atoms with E-state index in [1.54, 1.807) is 12.4 Å². The summed E-state index contributed by atoms with van der Waals surface area (Å²) in [6.45, 7) is -1.01. The number of carboxylic acid groups (broad SMARTS) is 1. The molecule has 2 heterocycles. The molecule has 2 atom stereocenters. The van der Waals surface area contributed by atoms with Gasteiger partial charge in [0.15, 0.2) is 0 Å². The van der Waals surface area contributed by atoms with Crippen molar-refractivity contribution in [2.24, 2.45) is 5.73 Å². The minimum absolute atomic E-state index is 0.0624. The molecule has 13 heteroatoms. The van der Waals surface area contributed by atoms with Gasteiger partial charge in [-0.3, -0.25) is 19.2 Å². The van der Waals surface area contributed by atoms with E-state index in [4.69, 9.17) is 10.8 Å². The van der Waals surface area contributed by atoms with Gasteiger partial charge < -0.3 is 36.8 Å². The zero-order valence-corrected chi connectivity index (χ0v) is 15.3. The van der Waals surface area contributed by atoms with Gasteiger partial charge in [-0.05, 0) is 0 Å². The van der Waals surface area contributed by atoms with Gasteiger partial charge in [0.05, 0.1) is 36.6 Å². The van der Waals surface area contributed by atoms with Crippen LogP contribution in [-0.2, 0) is 32.0 Å². The number of amides is 3. The minimum atomic E-state index is -1.21. The molecule has 156 valence electrons. The maximum Gasteiger partial charge on any atom is 0.322 e. The Kier molecular flexibility index (Phi) is 7.85. The zero-order chi connectivity index (χ0) is 21.2. The van der Waals surface area contributed by atoms with Crippen molar-refractivity contribution in [3.05, 3.63) is 36.4 Å². The molecule has 0 spiro atoms. The third-order valence-corrected chi connectivity index (χ3v) is 3.78. The lowest BCUT2D eigenvalue weighted by molar-refractivity contribution is -0.138. The van der Waals surface area contributed by atoms with Crippen LogP contribution in [-0.4, -0.2) is 73.9 Å². The maximum atomic E-state index is 12.5. The second kappa shape index (κ2) is 10.6. The van der Waals surface area contributed by atoms with E-state index in [0.29, 0.717) is 11.4 Å². The van der Waals surface area contributed by atoms with Crippen LogP contribution in [0.5, 0.6) is 0 Å². The fourth-order valence-electron chi connectivity index (χ4n) is 2.35. The number of carbonyl (C=O) groups is 4. The molecule has 13 nitrogen and oxygen atoms in total. The standard InChI is InChI=1S/C16H22N8O5/c17-11(1-9-3-18-7-22-9)15(28)24-12(2-10-4-19-8-23-10)16(29)21-5-13(25)20-6-14(26)27/h3-4,7-8,11-12H,1-2,5-6,17H2,(H,18,22)(H,19,23)(H,20,25)(H,21,29)(H,24,28)(H,26,27)/t11-,12-/m0/s1.